The fourth-order valence-electron chi connectivity index (χ4n) is 4.07. The van der Waals surface area contributed by atoms with Crippen LogP contribution in [0.25, 0.3) is 5.69 Å². The second-order valence-electron chi connectivity index (χ2n) is 8.57. The highest BCUT2D eigenvalue weighted by atomic mass is 16.5. The molecule has 0 bridgehead atoms. The lowest BCUT2D eigenvalue weighted by atomic mass is 9.95. The summed E-state index contributed by atoms with van der Waals surface area (Å²) in [6, 6.07) is 15.2. The Bertz CT molecular complexity index is 1070. The van der Waals surface area contributed by atoms with Crippen LogP contribution in [-0.2, 0) is 11.3 Å². The first kappa shape index (κ1) is 22.6. The molecule has 2 amide bonds. The van der Waals surface area contributed by atoms with Gasteiger partial charge in [0.2, 0.25) is 5.91 Å². The minimum atomic E-state index is -0.0808. The Morgan fingerprint density at radius 2 is 1.85 bits per heavy atom. The van der Waals surface area contributed by atoms with Crippen molar-refractivity contribution in [1.82, 2.24) is 19.8 Å². The van der Waals surface area contributed by atoms with Crippen LogP contribution in [0.15, 0.2) is 67.1 Å². The molecule has 3 aromatic rings. The highest BCUT2D eigenvalue weighted by Crippen LogP contribution is 2.21. The first-order valence-electron chi connectivity index (χ1n) is 11.4. The van der Waals surface area contributed by atoms with E-state index < -0.39 is 0 Å². The number of nitrogens with zero attached hydrogens (tertiary/aromatic N) is 3. The summed E-state index contributed by atoms with van der Waals surface area (Å²) in [4.78, 5) is 31.8. The van der Waals surface area contributed by atoms with Gasteiger partial charge < -0.3 is 19.5 Å². The zero-order valence-corrected chi connectivity index (χ0v) is 19.1. The van der Waals surface area contributed by atoms with Gasteiger partial charge in [0.25, 0.3) is 5.91 Å². The average Bonchev–Trinajstić information content (AvgIpc) is 3.33. The van der Waals surface area contributed by atoms with Crippen LogP contribution in [0.5, 0.6) is 5.75 Å². The third-order valence-corrected chi connectivity index (χ3v) is 5.81. The number of hydrogen-bond donors (Lipinski definition) is 1. The summed E-state index contributed by atoms with van der Waals surface area (Å²) in [5.41, 5.74) is 2.49. The molecule has 1 aliphatic heterocycles. The molecule has 1 fully saturated rings. The zero-order valence-electron chi connectivity index (χ0n) is 19.1. The lowest BCUT2D eigenvalue weighted by molar-refractivity contribution is -0.126. The van der Waals surface area contributed by atoms with Gasteiger partial charge in [-0.15, -0.1) is 0 Å². The molecule has 0 aliphatic carbocycles. The van der Waals surface area contributed by atoms with Gasteiger partial charge in [0.05, 0.1) is 18.0 Å². The van der Waals surface area contributed by atoms with Crippen molar-refractivity contribution >= 4 is 11.8 Å². The van der Waals surface area contributed by atoms with Crippen LogP contribution in [0.2, 0.25) is 0 Å². The van der Waals surface area contributed by atoms with E-state index in [1.54, 1.807) is 12.4 Å². The number of pyridine rings is 1. The fourth-order valence-corrected chi connectivity index (χ4v) is 4.07. The van der Waals surface area contributed by atoms with Crippen molar-refractivity contribution in [3.05, 3.63) is 78.4 Å². The monoisotopic (exact) mass is 446 g/mol. The van der Waals surface area contributed by atoms with Crippen molar-refractivity contribution in [2.24, 2.45) is 5.92 Å². The summed E-state index contributed by atoms with van der Waals surface area (Å²) in [6.07, 6.45) is 6.76. The number of aromatic nitrogens is 2. The average molecular weight is 447 g/mol. The van der Waals surface area contributed by atoms with Gasteiger partial charge in [0.1, 0.15) is 11.4 Å². The molecule has 0 atom stereocenters. The number of amides is 2. The quantitative estimate of drug-likeness (QED) is 0.599. The van der Waals surface area contributed by atoms with Gasteiger partial charge in [-0.1, -0.05) is 12.1 Å². The van der Waals surface area contributed by atoms with Crippen LogP contribution in [0.3, 0.4) is 0 Å². The van der Waals surface area contributed by atoms with E-state index >= 15 is 0 Å². The molecule has 0 saturated carbocycles. The van der Waals surface area contributed by atoms with Gasteiger partial charge in [-0.2, -0.15) is 0 Å². The predicted octanol–water partition coefficient (Wildman–Crippen LogP) is 3.83. The van der Waals surface area contributed by atoms with Gasteiger partial charge in [0, 0.05) is 37.9 Å². The van der Waals surface area contributed by atoms with E-state index in [4.69, 9.17) is 4.74 Å². The number of benzene rings is 1. The van der Waals surface area contributed by atoms with Crippen LogP contribution < -0.4 is 10.1 Å². The number of rotatable bonds is 7. The SMILES string of the molecule is CC(C)Oc1ccc(CNC(=O)C2CCN(C(=O)c3cccn3-c3cccnc3)CC2)cc1. The van der Waals surface area contributed by atoms with E-state index in [-0.39, 0.29) is 23.8 Å². The molecule has 2 aromatic heterocycles. The molecule has 0 radical (unpaired) electrons. The second kappa shape index (κ2) is 10.3. The van der Waals surface area contributed by atoms with Gasteiger partial charge in [-0.05, 0) is 68.7 Å². The van der Waals surface area contributed by atoms with Gasteiger partial charge in [-0.25, -0.2) is 0 Å². The lowest BCUT2D eigenvalue weighted by Crippen LogP contribution is -2.43. The maximum atomic E-state index is 13.1. The van der Waals surface area contributed by atoms with E-state index in [0.717, 1.165) is 17.0 Å². The Morgan fingerprint density at radius 1 is 1.09 bits per heavy atom. The first-order chi connectivity index (χ1) is 16.0. The molecule has 1 aliphatic rings. The molecule has 4 rings (SSSR count). The molecule has 1 N–H and O–H groups in total. The summed E-state index contributed by atoms with van der Waals surface area (Å²) < 4.78 is 7.51. The molecule has 7 heteroatoms. The van der Waals surface area contributed by atoms with E-state index in [9.17, 15) is 9.59 Å². The third-order valence-electron chi connectivity index (χ3n) is 5.81. The summed E-state index contributed by atoms with van der Waals surface area (Å²) >= 11 is 0. The number of likely N-dealkylation sites (tertiary alicyclic amines) is 1. The van der Waals surface area contributed by atoms with Crippen molar-refractivity contribution in [2.75, 3.05) is 13.1 Å². The second-order valence-corrected chi connectivity index (χ2v) is 8.57. The molecule has 7 nitrogen and oxygen atoms in total. The molecule has 33 heavy (non-hydrogen) atoms. The van der Waals surface area contributed by atoms with Crippen LogP contribution in [0.4, 0.5) is 0 Å². The van der Waals surface area contributed by atoms with E-state index in [0.29, 0.717) is 38.2 Å². The molecule has 1 aromatic carbocycles. The molecule has 172 valence electrons. The van der Waals surface area contributed by atoms with Crippen LogP contribution in [0, 0.1) is 5.92 Å². The minimum absolute atomic E-state index is 0.0218. The maximum Gasteiger partial charge on any atom is 0.270 e. The summed E-state index contributed by atoms with van der Waals surface area (Å²) in [6.45, 7) is 5.60. The summed E-state index contributed by atoms with van der Waals surface area (Å²) in [5.74, 6) is 0.768. The Kier molecular flexibility index (Phi) is 7.07. The van der Waals surface area contributed by atoms with Crippen molar-refractivity contribution in [3.63, 3.8) is 0 Å². The van der Waals surface area contributed by atoms with Crippen molar-refractivity contribution in [1.29, 1.82) is 0 Å². The van der Waals surface area contributed by atoms with Crippen LogP contribution in [0.1, 0.15) is 42.7 Å². The number of piperidine rings is 1. The Hall–Kier alpha value is -3.61. The predicted molar refractivity (Wildman–Crippen MR) is 126 cm³/mol. The third kappa shape index (κ3) is 5.61. The Morgan fingerprint density at radius 3 is 2.52 bits per heavy atom. The van der Waals surface area contributed by atoms with Gasteiger partial charge >= 0.3 is 0 Å². The van der Waals surface area contributed by atoms with Gasteiger partial charge in [0.15, 0.2) is 0 Å². The standard InChI is InChI=1S/C26H30N4O3/c1-19(2)33-23-9-7-20(8-10-23)17-28-25(31)21-11-15-29(16-12-21)26(32)24-6-4-14-30(24)22-5-3-13-27-18-22/h3-10,13-14,18-19,21H,11-12,15-17H2,1-2H3,(H,28,31). The molecule has 1 saturated heterocycles. The Labute approximate surface area is 194 Å². The number of nitrogens with one attached hydrogen (secondary N) is 1. The van der Waals surface area contributed by atoms with Crippen molar-refractivity contribution < 1.29 is 14.3 Å². The number of ether oxygens (including phenoxy) is 1. The summed E-state index contributed by atoms with van der Waals surface area (Å²) in [7, 11) is 0. The highest BCUT2D eigenvalue weighted by molar-refractivity contribution is 5.93. The molecule has 3 heterocycles. The minimum Gasteiger partial charge on any atom is -0.491 e. The lowest BCUT2D eigenvalue weighted by Gasteiger charge is -2.31. The maximum absolute atomic E-state index is 13.1. The van der Waals surface area contributed by atoms with E-state index in [2.05, 4.69) is 10.3 Å². The number of carbonyl (C=O) groups excluding carboxylic acids is 2. The molecular weight excluding hydrogens is 416 g/mol. The Balaban J connectivity index is 1.28. The summed E-state index contributed by atoms with van der Waals surface area (Å²) in [5, 5.41) is 3.04. The topological polar surface area (TPSA) is 76.5 Å². The largest absolute Gasteiger partial charge is 0.491 e. The molecule has 0 spiro atoms. The van der Waals surface area contributed by atoms with E-state index in [1.165, 1.54) is 0 Å². The molecular formula is C26H30N4O3. The van der Waals surface area contributed by atoms with E-state index in [1.807, 2.05) is 78.0 Å². The normalized spacial score (nSPS) is 14.3. The van der Waals surface area contributed by atoms with Gasteiger partial charge in [-0.3, -0.25) is 14.6 Å². The number of hydrogen-bond acceptors (Lipinski definition) is 4. The smallest absolute Gasteiger partial charge is 0.270 e. The number of carbonyl (C=O) groups is 2. The first-order valence-corrected chi connectivity index (χ1v) is 11.4. The highest BCUT2D eigenvalue weighted by Gasteiger charge is 2.28. The van der Waals surface area contributed by atoms with Crippen molar-refractivity contribution in [2.45, 2.75) is 39.3 Å². The van der Waals surface area contributed by atoms with Crippen LogP contribution in [-0.4, -0.2) is 45.5 Å². The van der Waals surface area contributed by atoms with Crippen LogP contribution >= 0.6 is 0 Å². The molecule has 0 unspecified atom stereocenters. The van der Waals surface area contributed by atoms with Crippen molar-refractivity contribution in [3.8, 4) is 11.4 Å². The fraction of sp³-hybridized carbons (Fsp3) is 0.346. The zero-order chi connectivity index (χ0) is 23.2.